The minimum absolute atomic E-state index is 0.0785. The summed E-state index contributed by atoms with van der Waals surface area (Å²) in [6.07, 6.45) is 1.42. The molecular weight excluding hydrogens is 371 g/mol. The highest BCUT2D eigenvalue weighted by Crippen LogP contribution is 2.34. The lowest BCUT2D eigenvalue weighted by molar-refractivity contribution is -0.112. The first-order chi connectivity index (χ1) is 12.3. The lowest BCUT2D eigenvalue weighted by atomic mass is 10.1. The van der Waals surface area contributed by atoms with Crippen LogP contribution in [0.4, 0.5) is 5.69 Å². The molecule has 2 rings (SSSR count). The molecule has 0 spiro atoms. The maximum Gasteiger partial charge on any atom is 0.266 e. The van der Waals surface area contributed by atoms with Crippen LogP contribution in [0.3, 0.4) is 0 Å². The molecule has 2 aromatic carbocycles. The minimum Gasteiger partial charge on any atom is -0.492 e. The Bertz CT molecular complexity index is 915. The van der Waals surface area contributed by atoms with E-state index in [0.29, 0.717) is 33.7 Å². The molecule has 0 aliphatic heterocycles. The van der Waals surface area contributed by atoms with Crippen LogP contribution < -0.4 is 10.1 Å². The summed E-state index contributed by atoms with van der Waals surface area (Å²) in [6.45, 7) is 6.02. The molecule has 134 valence electrons. The van der Waals surface area contributed by atoms with Gasteiger partial charge in [0.15, 0.2) is 0 Å². The molecule has 0 aromatic heterocycles. The van der Waals surface area contributed by atoms with Gasteiger partial charge >= 0.3 is 0 Å². The summed E-state index contributed by atoms with van der Waals surface area (Å²) in [7, 11) is 0. The smallest absolute Gasteiger partial charge is 0.266 e. The monoisotopic (exact) mass is 388 g/mol. The summed E-state index contributed by atoms with van der Waals surface area (Å²) >= 11 is 12.2. The van der Waals surface area contributed by atoms with Crippen LogP contribution in [0.2, 0.25) is 10.0 Å². The second-order valence-electron chi connectivity index (χ2n) is 5.68. The van der Waals surface area contributed by atoms with E-state index in [1.165, 1.54) is 6.08 Å². The summed E-state index contributed by atoms with van der Waals surface area (Å²) in [5.41, 5.74) is 2.96. The van der Waals surface area contributed by atoms with Crippen molar-refractivity contribution in [2.45, 2.75) is 20.8 Å². The predicted octanol–water partition coefficient (Wildman–Crippen LogP) is 5.55. The quantitative estimate of drug-likeness (QED) is 0.538. The van der Waals surface area contributed by atoms with Crippen molar-refractivity contribution in [3.8, 4) is 11.8 Å². The minimum atomic E-state index is -0.514. The van der Waals surface area contributed by atoms with Gasteiger partial charge in [0.05, 0.1) is 11.6 Å². The van der Waals surface area contributed by atoms with Gasteiger partial charge in [-0.15, -0.1) is 0 Å². The highest BCUT2D eigenvalue weighted by Gasteiger charge is 2.15. The normalized spacial score (nSPS) is 11.0. The lowest BCUT2D eigenvalue weighted by Gasteiger charge is -2.11. The van der Waals surface area contributed by atoms with Crippen molar-refractivity contribution >= 4 is 40.9 Å². The molecule has 0 fully saturated rings. The van der Waals surface area contributed by atoms with Crippen molar-refractivity contribution in [2.24, 2.45) is 0 Å². The first kappa shape index (κ1) is 19.8. The number of carbonyl (C=O) groups excluding carboxylic acids is 1. The molecule has 1 N–H and O–H groups in total. The highest BCUT2D eigenvalue weighted by atomic mass is 35.5. The first-order valence-corrected chi connectivity index (χ1v) is 8.73. The predicted molar refractivity (Wildman–Crippen MR) is 106 cm³/mol. The second-order valence-corrected chi connectivity index (χ2v) is 6.52. The third-order valence-electron chi connectivity index (χ3n) is 3.63. The second kappa shape index (κ2) is 8.75. The Labute approximate surface area is 163 Å². The third-order valence-corrected chi connectivity index (χ3v) is 4.13. The van der Waals surface area contributed by atoms with Crippen molar-refractivity contribution in [3.05, 3.63) is 62.6 Å². The van der Waals surface area contributed by atoms with E-state index in [1.807, 2.05) is 45.0 Å². The van der Waals surface area contributed by atoms with Gasteiger partial charge in [-0.3, -0.25) is 4.79 Å². The molecule has 4 nitrogen and oxygen atoms in total. The van der Waals surface area contributed by atoms with Gasteiger partial charge in [0.2, 0.25) is 0 Å². The fourth-order valence-corrected chi connectivity index (χ4v) is 2.91. The maximum absolute atomic E-state index is 12.5. The van der Waals surface area contributed by atoms with E-state index in [4.69, 9.17) is 27.9 Å². The van der Waals surface area contributed by atoms with Gasteiger partial charge in [-0.1, -0.05) is 35.3 Å². The van der Waals surface area contributed by atoms with Crippen LogP contribution >= 0.6 is 23.2 Å². The summed E-state index contributed by atoms with van der Waals surface area (Å²) in [4.78, 5) is 12.5. The number of anilines is 1. The van der Waals surface area contributed by atoms with Gasteiger partial charge in [0.1, 0.15) is 17.4 Å². The van der Waals surface area contributed by atoms with Gasteiger partial charge in [-0.2, -0.15) is 5.26 Å². The number of halogens is 2. The van der Waals surface area contributed by atoms with Gasteiger partial charge in [-0.25, -0.2) is 0 Å². The Kier molecular flexibility index (Phi) is 6.68. The zero-order chi connectivity index (χ0) is 19.3. The molecule has 0 saturated carbocycles. The first-order valence-electron chi connectivity index (χ1n) is 7.98. The van der Waals surface area contributed by atoms with Crippen molar-refractivity contribution < 1.29 is 9.53 Å². The molecule has 0 saturated heterocycles. The fraction of sp³-hybridized carbons (Fsp3) is 0.200. The molecule has 1 amide bonds. The number of rotatable bonds is 5. The topological polar surface area (TPSA) is 62.1 Å². The molecule has 0 radical (unpaired) electrons. The highest BCUT2D eigenvalue weighted by molar-refractivity contribution is 6.36. The molecule has 6 heteroatoms. The number of amides is 1. The lowest BCUT2D eigenvalue weighted by Crippen LogP contribution is -2.14. The van der Waals surface area contributed by atoms with Crippen LogP contribution in [0.5, 0.6) is 5.75 Å². The van der Waals surface area contributed by atoms with Crippen LogP contribution in [-0.2, 0) is 4.79 Å². The molecule has 0 aliphatic carbocycles. The van der Waals surface area contributed by atoms with Crippen molar-refractivity contribution in [1.82, 2.24) is 0 Å². The van der Waals surface area contributed by atoms with E-state index in [1.54, 1.807) is 12.1 Å². The van der Waals surface area contributed by atoms with Crippen LogP contribution in [0.1, 0.15) is 23.6 Å². The number of nitriles is 1. The Balaban J connectivity index is 2.40. The van der Waals surface area contributed by atoms with Crippen LogP contribution in [0.25, 0.3) is 6.08 Å². The number of nitrogens with one attached hydrogen (secondary N) is 1. The summed E-state index contributed by atoms with van der Waals surface area (Å²) in [5, 5.41) is 12.9. The summed E-state index contributed by atoms with van der Waals surface area (Å²) < 4.78 is 5.52. The van der Waals surface area contributed by atoms with E-state index in [9.17, 15) is 10.1 Å². The number of hydrogen-bond acceptors (Lipinski definition) is 3. The average Bonchev–Trinajstić information content (AvgIpc) is 2.58. The van der Waals surface area contributed by atoms with E-state index >= 15 is 0 Å². The Morgan fingerprint density at radius 1 is 1.27 bits per heavy atom. The Hall–Kier alpha value is -2.48. The molecule has 0 bridgehead atoms. The molecule has 0 atom stereocenters. The zero-order valence-corrected chi connectivity index (χ0v) is 16.2. The van der Waals surface area contributed by atoms with Crippen molar-refractivity contribution in [1.29, 1.82) is 5.26 Å². The SMILES string of the molecule is CCOc1c(Cl)cc(Cl)cc1/C=C(\C#N)C(=O)Nc1cc(C)ccc1C. The van der Waals surface area contributed by atoms with Crippen molar-refractivity contribution in [2.75, 3.05) is 11.9 Å². The number of hydrogen-bond donors (Lipinski definition) is 1. The fourth-order valence-electron chi connectivity index (χ4n) is 2.35. The largest absolute Gasteiger partial charge is 0.492 e. The molecule has 2 aromatic rings. The summed E-state index contributed by atoms with van der Waals surface area (Å²) in [5.74, 6) is -0.134. The van der Waals surface area contributed by atoms with E-state index in [-0.39, 0.29) is 5.57 Å². The van der Waals surface area contributed by atoms with E-state index in [2.05, 4.69) is 5.32 Å². The van der Waals surface area contributed by atoms with Crippen molar-refractivity contribution in [3.63, 3.8) is 0 Å². The average molecular weight is 389 g/mol. The van der Waals surface area contributed by atoms with Gasteiger partial charge in [-0.05, 0) is 56.2 Å². The molecular formula is C20H18Cl2N2O2. The van der Waals surface area contributed by atoms with Crippen LogP contribution in [0.15, 0.2) is 35.9 Å². The zero-order valence-electron chi connectivity index (χ0n) is 14.7. The number of ether oxygens (including phenoxy) is 1. The number of carbonyl (C=O) groups is 1. The van der Waals surface area contributed by atoms with E-state index < -0.39 is 5.91 Å². The van der Waals surface area contributed by atoms with Gasteiger partial charge in [0.25, 0.3) is 5.91 Å². The summed E-state index contributed by atoms with van der Waals surface area (Å²) in [6, 6.07) is 10.8. The molecule has 0 aliphatic rings. The maximum atomic E-state index is 12.5. The molecule has 0 unspecified atom stereocenters. The van der Waals surface area contributed by atoms with Crippen LogP contribution in [0, 0.1) is 25.2 Å². The number of nitrogens with zero attached hydrogens (tertiary/aromatic N) is 1. The number of benzene rings is 2. The standard InChI is InChI=1S/C20H18Cl2N2O2/c1-4-26-19-14(9-16(21)10-17(19)22)8-15(11-23)20(25)24-18-7-12(2)5-6-13(18)3/h5-10H,4H2,1-3H3,(H,24,25)/b15-8+. The molecule has 26 heavy (non-hydrogen) atoms. The number of aryl methyl sites for hydroxylation is 2. The Morgan fingerprint density at radius 3 is 2.65 bits per heavy atom. The van der Waals surface area contributed by atoms with Gasteiger partial charge < -0.3 is 10.1 Å². The van der Waals surface area contributed by atoms with Crippen LogP contribution in [-0.4, -0.2) is 12.5 Å². The van der Waals surface area contributed by atoms with Gasteiger partial charge in [0, 0.05) is 16.3 Å². The molecule has 0 heterocycles. The Morgan fingerprint density at radius 2 is 2.00 bits per heavy atom. The third kappa shape index (κ3) is 4.78. The van der Waals surface area contributed by atoms with E-state index in [0.717, 1.165) is 11.1 Å².